The summed E-state index contributed by atoms with van der Waals surface area (Å²) in [5, 5.41) is 4.98. The Morgan fingerprint density at radius 3 is 1.13 bits per heavy atom. The van der Waals surface area contributed by atoms with Gasteiger partial charge >= 0.3 is 0 Å². The first-order chi connectivity index (χ1) is 26.3. The van der Waals surface area contributed by atoms with Crippen LogP contribution in [-0.2, 0) is 0 Å². The molecule has 9 aromatic carbocycles. The van der Waals surface area contributed by atoms with E-state index in [-0.39, 0.29) is 0 Å². The van der Waals surface area contributed by atoms with Crippen LogP contribution in [0.3, 0.4) is 0 Å². The minimum atomic E-state index is 0.940. The predicted octanol–water partition coefficient (Wildman–Crippen LogP) is 13.7. The molecule has 2 heteroatoms. The topological polar surface area (TPSA) is 17.8 Å². The molecule has 1 heterocycles. The molecule has 0 amide bonds. The lowest BCUT2D eigenvalue weighted by atomic mass is 9.85. The molecular weight excluding hydrogens is 641 g/mol. The minimum Gasteiger partial charge on any atom is -0.292 e. The molecule has 0 atom stereocenters. The van der Waals surface area contributed by atoms with Gasteiger partial charge in [0.15, 0.2) is 0 Å². The molecule has 0 fully saturated rings. The Bertz CT molecular complexity index is 2830. The lowest BCUT2D eigenvalue weighted by Crippen LogP contribution is -1.97. The van der Waals surface area contributed by atoms with Crippen LogP contribution in [0.15, 0.2) is 206 Å². The number of rotatable bonds is 6. The maximum absolute atomic E-state index is 5.06. The highest BCUT2D eigenvalue weighted by molar-refractivity contribution is 6.21. The summed E-state index contributed by atoms with van der Waals surface area (Å²) >= 11 is 0. The van der Waals surface area contributed by atoms with Gasteiger partial charge < -0.3 is 0 Å². The van der Waals surface area contributed by atoms with Crippen LogP contribution < -0.4 is 0 Å². The quantitative estimate of drug-likeness (QED) is 0.161. The molecule has 0 N–H and O–H groups in total. The third kappa shape index (κ3) is 5.40. The molecule has 10 rings (SSSR count). The van der Waals surface area contributed by atoms with Crippen LogP contribution in [0.4, 0.5) is 0 Å². The first-order valence-corrected chi connectivity index (χ1v) is 18.1. The Labute approximate surface area is 308 Å². The van der Waals surface area contributed by atoms with Crippen LogP contribution in [0.1, 0.15) is 0 Å². The van der Waals surface area contributed by atoms with Crippen LogP contribution in [-0.4, -0.2) is 9.55 Å². The van der Waals surface area contributed by atoms with E-state index in [0.29, 0.717) is 0 Å². The molecule has 10 aromatic rings. The van der Waals surface area contributed by atoms with Gasteiger partial charge in [-0.2, -0.15) is 0 Å². The number of hydrogen-bond donors (Lipinski definition) is 0. The third-order valence-electron chi connectivity index (χ3n) is 10.4. The zero-order valence-corrected chi connectivity index (χ0v) is 29.0. The van der Waals surface area contributed by atoms with Crippen LogP contribution in [0.25, 0.3) is 94.2 Å². The molecule has 0 saturated carbocycles. The predicted molar refractivity (Wildman–Crippen MR) is 223 cm³/mol. The normalized spacial score (nSPS) is 11.4. The van der Waals surface area contributed by atoms with Crippen LogP contribution in [0, 0.1) is 0 Å². The molecule has 2 nitrogen and oxygen atoms in total. The molecule has 0 unspecified atom stereocenters. The molecule has 0 saturated heterocycles. The van der Waals surface area contributed by atoms with Gasteiger partial charge in [-0.3, -0.25) is 4.57 Å². The molecular formula is C51H34N2. The minimum absolute atomic E-state index is 0.940. The lowest BCUT2D eigenvalue weighted by molar-refractivity contribution is 1.10. The largest absolute Gasteiger partial charge is 0.292 e. The molecule has 53 heavy (non-hydrogen) atoms. The van der Waals surface area contributed by atoms with Crippen molar-refractivity contribution in [3.8, 4) is 61.6 Å². The zero-order chi connectivity index (χ0) is 35.1. The maximum Gasteiger partial charge on any atom is 0.145 e. The number of hydrogen-bond acceptors (Lipinski definition) is 1. The van der Waals surface area contributed by atoms with Crippen molar-refractivity contribution < 1.29 is 0 Å². The van der Waals surface area contributed by atoms with Gasteiger partial charge in [0.25, 0.3) is 0 Å². The second kappa shape index (κ2) is 12.9. The van der Waals surface area contributed by atoms with Crippen LogP contribution in [0.5, 0.6) is 0 Å². The Morgan fingerprint density at radius 1 is 0.283 bits per heavy atom. The first kappa shape index (κ1) is 30.8. The smallest absolute Gasteiger partial charge is 0.145 e. The lowest BCUT2D eigenvalue weighted by Gasteiger charge is -2.18. The number of fused-ring (bicyclic) bond motifs is 3. The van der Waals surface area contributed by atoms with E-state index >= 15 is 0 Å². The average molecular weight is 675 g/mol. The van der Waals surface area contributed by atoms with Gasteiger partial charge in [0.05, 0.1) is 11.0 Å². The molecule has 0 aliphatic heterocycles. The standard InChI is InChI=1S/C51H34N2/c1-3-13-35(14-4-1)36-23-25-37(26-24-36)38-27-29-39(30-28-38)49-43-17-7-9-19-45(43)50(46-20-10-8-18-44(46)49)40-31-33-42(34-32-40)53-48-22-12-11-21-47(48)52-51(53)41-15-5-2-6-16-41/h1-34H. The number of aromatic nitrogens is 2. The first-order valence-electron chi connectivity index (χ1n) is 18.1. The second-order valence-electron chi connectivity index (χ2n) is 13.5. The summed E-state index contributed by atoms with van der Waals surface area (Å²) in [7, 11) is 0. The van der Waals surface area contributed by atoms with E-state index in [2.05, 4.69) is 205 Å². The van der Waals surface area contributed by atoms with E-state index in [1.807, 2.05) is 6.07 Å². The number of imidazole rings is 1. The molecule has 0 bridgehead atoms. The Hall–Kier alpha value is -7.03. The van der Waals surface area contributed by atoms with Gasteiger partial charge in [0.1, 0.15) is 5.82 Å². The van der Waals surface area contributed by atoms with Crippen molar-refractivity contribution in [2.24, 2.45) is 0 Å². The highest BCUT2D eigenvalue weighted by Gasteiger charge is 2.18. The second-order valence-corrected chi connectivity index (χ2v) is 13.5. The zero-order valence-electron chi connectivity index (χ0n) is 29.0. The van der Waals surface area contributed by atoms with Crippen molar-refractivity contribution in [3.63, 3.8) is 0 Å². The highest BCUT2D eigenvalue weighted by Crippen LogP contribution is 2.44. The van der Waals surface area contributed by atoms with Crippen molar-refractivity contribution in [2.45, 2.75) is 0 Å². The summed E-state index contributed by atoms with van der Waals surface area (Å²) in [4.78, 5) is 5.06. The van der Waals surface area contributed by atoms with Gasteiger partial charge in [-0.05, 0) is 90.3 Å². The average Bonchev–Trinajstić information content (AvgIpc) is 3.63. The van der Waals surface area contributed by atoms with E-state index in [1.165, 1.54) is 66.1 Å². The summed E-state index contributed by atoms with van der Waals surface area (Å²) in [5.74, 6) is 0.940. The van der Waals surface area contributed by atoms with E-state index in [4.69, 9.17) is 4.98 Å². The van der Waals surface area contributed by atoms with Crippen LogP contribution in [0.2, 0.25) is 0 Å². The molecule has 0 radical (unpaired) electrons. The van der Waals surface area contributed by atoms with Gasteiger partial charge in [-0.25, -0.2) is 4.98 Å². The fraction of sp³-hybridized carbons (Fsp3) is 0. The van der Waals surface area contributed by atoms with Crippen molar-refractivity contribution in [1.82, 2.24) is 9.55 Å². The van der Waals surface area contributed by atoms with Crippen molar-refractivity contribution in [2.75, 3.05) is 0 Å². The maximum atomic E-state index is 5.06. The fourth-order valence-corrected chi connectivity index (χ4v) is 7.91. The monoisotopic (exact) mass is 674 g/mol. The Balaban J connectivity index is 1.07. The third-order valence-corrected chi connectivity index (χ3v) is 10.4. The molecule has 0 aliphatic rings. The molecule has 0 spiro atoms. The van der Waals surface area contributed by atoms with Gasteiger partial charge in [-0.15, -0.1) is 0 Å². The summed E-state index contributed by atoms with van der Waals surface area (Å²) in [6.45, 7) is 0. The van der Waals surface area contributed by atoms with Gasteiger partial charge in [0.2, 0.25) is 0 Å². The fourth-order valence-electron chi connectivity index (χ4n) is 7.91. The Kier molecular flexibility index (Phi) is 7.51. The van der Waals surface area contributed by atoms with Crippen molar-refractivity contribution in [3.05, 3.63) is 206 Å². The molecule has 248 valence electrons. The van der Waals surface area contributed by atoms with Gasteiger partial charge in [-0.1, -0.05) is 182 Å². The van der Waals surface area contributed by atoms with E-state index in [9.17, 15) is 0 Å². The van der Waals surface area contributed by atoms with Gasteiger partial charge in [0, 0.05) is 11.3 Å². The SMILES string of the molecule is c1ccc(-c2ccc(-c3ccc(-c4c5ccccc5c(-c5ccc(-n6c(-c7ccccc7)nc7ccccc76)cc5)c5ccccc45)cc3)cc2)cc1. The molecule has 1 aromatic heterocycles. The highest BCUT2D eigenvalue weighted by atomic mass is 15.1. The van der Waals surface area contributed by atoms with E-state index in [0.717, 1.165) is 28.1 Å². The van der Waals surface area contributed by atoms with E-state index in [1.54, 1.807) is 0 Å². The number of nitrogens with zero attached hydrogens (tertiary/aromatic N) is 2. The van der Waals surface area contributed by atoms with Crippen molar-refractivity contribution in [1.29, 1.82) is 0 Å². The van der Waals surface area contributed by atoms with E-state index < -0.39 is 0 Å². The van der Waals surface area contributed by atoms with Crippen LogP contribution >= 0.6 is 0 Å². The summed E-state index contributed by atoms with van der Waals surface area (Å²) in [6.07, 6.45) is 0. The van der Waals surface area contributed by atoms with Crippen molar-refractivity contribution >= 4 is 32.6 Å². The number of para-hydroxylation sites is 2. The number of benzene rings is 9. The summed E-state index contributed by atoms with van der Waals surface area (Å²) < 4.78 is 2.27. The summed E-state index contributed by atoms with van der Waals surface area (Å²) in [5.41, 5.74) is 14.0. The summed E-state index contributed by atoms with van der Waals surface area (Å²) in [6, 6.07) is 74.0. The Morgan fingerprint density at radius 2 is 0.642 bits per heavy atom. The molecule has 0 aliphatic carbocycles.